The van der Waals surface area contributed by atoms with Gasteiger partial charge in [-0.25, -0.2) is 0 Å². The van der Waals surface area contributed by atoms with Gasteiger partial charge in [0, 0.05) is 18.6 Å². The van der Waals surface area contributed by atoms with Crippen LogP contribution in [-0.2, 0) is 0 Å². The molecule has 2 unspecified atom stereocenters. The molecule has 1 nitrogen and oxygen atoms in total. The first kappa shape index (κ1) is 9.41. The SMILES string of the molecule is c1ccc(C2CN2C2CCCCC2)cc1. The third kappa shape index (κ3) is 1.93. The fourth-order valence-electron chi connectivity index (χ4n) is 2.94. The number of hydrogen-bond acceptors (Lipinski definition) is 1. The molecule has 15 heavy (non-hydrogen) atoms. The Hall–Kier alpha value is -0.820. The lowest BCUT2D eigenvalue weighted by molar-refractivity contribution is 0.282. The Morgan fingerprint density at radius 2 is 1.67 bits per heavy atom. The van der Waals surface area contributed by atoms with E-state index in [4.69, 9.17) is 0 Å². The Labute approximate surface area is 92.1 Å². The van der Waals surface area contributed by atoms with Crippen LogP contribution in [0.5, 0.6) is 0 Å². The fourth-order valence-corrected chi connectivity index (χ4v) is 2.94. The van der Waals surface area contributed by atoms with E-state index in [1.807, 2.05) is 0 Å². The number of benzene rings is 1. The Bertz CT molecular complexity index is 313. The van der Waals surface area contributed by atoms with E-state index in [1.54, 1.807) is 0 Å². The van der Waals surface area contributed by atoms with Gasteiger partial charge in [-0.2, -0.15) is 0 Å². The predicted octanol–water partition coefficient (Wildman–Crippen LogP) is 3.38. The largest absolute Gasteiger partial charge is 0.290 e. The van der Waals surface area contributed by atoms with Crippen molar-refractivity contribution in [1.29, 1.82) is 0 Å². The Kier molecular flexibility index (Phi) is 2.49. The van der Waals surface area contributed by atoms with Crippen molar-refractivity contribution in [2.75, 3.05) is 6.54 Å². The van der Waals surface area contributed by atoms with E-state index >= 15 is 0 Å². The summed E-state index contributed by atoms with van der Waals surface area (Å²) < 4.78 is 0. The molecule has 1 aromatic rings. The molecule has 0 spiro atoms. The van der Waals surface area contributed by atoms with Gasteiger partial charge in [-0.1, -0.05) is 49.6 Å². The molecule has 1 aliphatic carbocycles. The highest BCUT2D eigenvalue weighted by atomic mass is 15.3. The molecule has 1 aliphatic heterocycles. The van der Waals surface area contributed by atoms with Crippen LogP contribution in [0.2, 0.25) is 0 Å². The van der Waals surface area contributed by atoms with Crippen molar-refractivity contribution >= 4 is 0 Å². The van der Waals surface area contributed by atoms with Crippen molar-refractivity contribution in [1.82, 2.24) is 4.90 Å². The molecular formula is C14H19N. The quantitative estimate of drug-likeness (QED) is 0.663. The average Bonchev–Trinajstić information content (AvgIpc) is 3.11. The van der Waals surface area contributed by atoms with Gasteiger partial charge in [-0.05, 0) is 18.4 Å². The lowest BCUT2D eigenvalue weighted by atomic mass is 9.95. The summed E-state index contributed by atoms with van der Waals surface area (Å²) in [6.07, 6.45) is 7.22. The van der Waals surface area contributed by atoms with E-state index in [9.17, 15) is 0 Å². The molecule has 0 N–H and O–H groups in total. The van der Waals surface area contributed by atoms with Crippen LogP contribution in [0.25, 0.3) is 0 Å². The van der Waals surface area contributed by atoms with Crippen molar-refractivity contribution in [3.63, 3.8) is 0 Å². The topological polar surface area (TPSA) is 3.01 Å². The van der Waals surface area contributed by atoms with Gasteiger partial charge in [-0.15, -0.1) is 0 Å². The van der Waals surface area contributed by atoms with E-state index in [0.717, 1.165) is 12.1 Å². The molecule has 2 atom stereocenters. The predicted molar refractivity (Wildman–Crippen MR) is 62.8 cm³/mol. The molecule has 2 fully saturated rings. The summed E-state index contributed by atoms with van der Waals surface area (Å²) in [4.78, 5) is 2.69. The van der Waals surface area contributed by atoms with Gasteiger partial charge in [0.2, 0.25) is 0 Å². The van der Waals surface area contributed by atoms with Crippen LogP contribution in [0, 0.1) is 0 Å². The van der Waals surface area contributed by atoms with Crippen LogP contribution in [0.4, 0.5) is 0 Å². The summed E-state index contributed by atoms with van der Waals surface area (Å²) in [7, 11) is 0. The maximum Gasteiger partial charge on any atom is 0.0479 e. The average molecular weight is 201 g/mol. The first-order valence-electron chi connectivity index (χ1n) is 6.26. The van der Waals surface area contributed by atoms with Crippen LogP contribution >= 0.6 is 0 Å². The highest BCUT2D eigenvalue weighted by Crippen LogP contribution is 2.40. The minimum absolute atomic E-state index is 0.745. The van der Waals surface area contributed by atoms with Crippen molar-refractivity contribution in [3.8, 4) is 0 Å². The molecule has 2 aliphatic rings. The molecule has 1 heterocycles. The van der Waals surface area contributed by atoms with Crippen LogP contribution in [0.3, 0.4) is 0 Å². The molecule has 0 bridgehead atoms. The molecule has 80 valence electrons. The summed E-state index contributed by atoms with van der Waals surface area (Å²) in [5.74, 6) is 0. The molecule has 3 rings (SSSR count). The van der Waals surface area contributed by atoms with Crippen molar-refractivity contribution in [2.24, 2.45) is 0 Å². The van der Waals surface area contributed by atoms with E-state index in [0.29, 0.717) is 0 Å². The summed E-state index contributed by atoms with van der Waals surface area (Å²) in [5.41, 5.74) is 1.52. The Morgan fingerprint density at radius 3 is 2.40 bits per heavy atom. The second-order valence-corrected chi connectivity index (χ2v) is 4.92. The molecular weight excluding hydrogens is 182 g/mol. The van der Waals surface area contributed by atoms with E-state index in [-0.39, 0.29) is 0 Å². The minimum atomic E-state index is 0.745. The zero-order valence-electron chi connectivity index (χ0n) is 9.23. The van der Waals surface area contributed by atoms with Crippen molar-refractivity contribution < 1.29 is 0 Å². The van der Waals surface area contributed by atoms with E-state index in [1.165, 1.54) is 44.2 Å². The fraction of sp³-hybridized carbons (Fsp3) is 0.571. The van der Waals surface area contributed by atoms with Gasteiger partial charge >= 0.3 is 0 Å². The van der Waals surface area contributed by atoms with Gasteiger partial charge in [0.1, 0.15) is 0 Å². The second-order valence-electron chi connectivity index (χ2n) is 4.92. The standard InChI is InChI=1S/C14H19N/c1-3-7-12(8-4-1)14-11-15(14)13-9-5-2-6-10-13/h1,3-4,7-8,13-14H,2,5-6,9-11H2. The van der Waals surface area contributed by atoms with Gasteiger partial charge < -0.3 is 0 Å². The summed E-state index contributed by atoms with van der Waals surface area (Å²) >= 11 is 0. The number of nitrogens with zero attached hydrogens (tertiary/aromatic N) is 1. The highest BCUT2D eigenvalue weighted by molar-refractivity contribution is 5.24. The number of rotatable bonds is 2. The van der Waals surface area contributed by atoms with Crippen LogP contribution < -0.4 is 0 Å². The maximum absolute atomic E-state index is 2.69. The Balaban J connectivity index is 1.64. The lowest BCUT2D eigenvalue weighted by Gasteiger charge is -2.23. The van der Waals surface area contributed by atoms with Gasteiger partial charge in [-0.3, -0.25) is 4.90 Å². The maximum atomic E-state index is 2.69. The second kappa shape index (κ2) is 3.97. The molecule has 1 saturated carbocycles. The summed E-state index contributed by atoms with van der Waals surface area (Å²) in [6.45, 7) is 1.30. The normalized spacial score (nSPS) is 31.5. The molecule has 0 radical (unpaired) electrons. The van der Waals surface area contributed by atoms with Gasteiger partial charge in [0.15, 0.2) is 0 Å². The third-order valence-corrected chi connectivity index (χ3v) is 3.88. The minimum Gasteiger partial charge on any atom is -0.290 e. The van der Waals surface area contributed by atoms with Gasteiger partial charge in [0.05, 0.1) is 0 Å². The zero-order chi connectivity index (χ0) is 10.1. The van der Waals surface area contributed by atoms with Crippen molar-refractivity contribution in [3.05, 3.63) is 35.9 Å². The van der Waals surface area contributed by atoms with E-state index in [2.05, 4.69) is 35.2 Å². The van der Waals surface area contributed by atoms with Crippen LogP contribution in [-0.4, -0.2) is 17.5 Å². The zero-order valence-corrected chi connectivity index (χ0v) is 9.23. The van der Waals surface area contributed by atoms with E-state index < -0.39 is 0 Å². The highest BCUT2D eigenvalue weighted by Gasteiger charge is 2.40. The smallest absolute Gasteiger partial charge is 0.0479 e. The molecule has 0 amide bonds. The molecule has 1 heteroatoms. The molecule has 0 aromatic heterocycles. The summed E-state index contributed by atoms with van der Waals surface area (Å²) in [6, 6.07) is 12.6. The third-order valence-electron chi connectivity index (χ3n) is 3.88. The van der Waals surface area contributed by atoms with Crippen molar-refractivity contribution in [2.45, 2.75) is 44.2 Å². The number of hydrogen-bond donors (Lipinski definition) is 0. The first-order chi connectivity index (χ1) is 7.45. The monoisotopic (exact) mass is 201 g/mol. The molecule has 1 aromatic carbocycles. The van der Waals surface area contributed by atoms with Crippen LogP contribution in [0.15, 0.2) is 30.3 Å². The van der Waals surface area contributed by atoms with Gasteiger partial charge in [0.25, 0.3) is 0 Å². The summed E-state index contributed by atoms with van der Waals surface area (Å²) in [5, 5.41) is 0. The Morgan fingerprint density at radius 1 is 0.933 bits per heavy atom. The van der Waals surface area contributed by atoms with Crippen LogP contribution in [0.1, 0.15) is 43.7 Å². The first-order valence-corrected chi connectivity index (χ1v) is 6.26. The lowest BCUT2D eigenvalue weighted by Crippen LogP contribution is -2.22. The molecule has 1 saturated heterocycles.